The number of thiophene rings is 1. The molecule has 0 radical (unpaired) electrons. The van der Waals surface area contributed by atoms with Gasteiger partial charge in [-0.2, -0.15) is 0 Å². The quantitative estimate of drug-likeness (QED) is 0.449. The van der Waals surface area contributed by atoms with Crippen LogP contribution in [0.4, 0.5) is 11.4 Å². The second-order valence-corrected chi connectivity index (χ2v) is 8.59. The number of benzene rings is 1. The van der Waals surface area contributed by atoms with E-state index in [1.54, 1.807) is 34.6 Å². The molecule has 144 valence electrons. The molecule has 2 aromatic heterocycles. The average Bonchev–Trinajstić information content (AvgIpc) is 3.39. The summed E-state index contributed by atoms with van der Waals surface area (Å²) in [6, 6.07) is 8.60. The van der Waals surface area contributed by atoms with Crippen molar-refractivity contribution < 1.29 is 9.72 Å². The molecule has 7 nitrogen and oxygen atoms in total. The van der Waals surface area contributed by atoms with Crippen LogP contribution in [-0.2, 0) is 0 Å². The highest BCUT2D eigenvalue weighted by Crippen LogP contribution is 2.32. The molecule has 0 saturated carbocycles. The van der Waals surface area contributed by atoms with Crippen LogP contribution in [0.25, 0.3) is 9.88 Å². The predicted octanol–water partition coefficient (Wildman–Crippen LogP) is 4.40. The van der Waals surface area contributed by atoms with Gasteiger partial charge in [-0.1, -0.05) is 17.7 Å². The van der Waals surface area contributed by atoms with Gasteiger partial charge in [-0.25, -0.2) is 4.98 Å². The number of anilines is 1. The lowest BCUT2D eigenvalue weighted by molar-refractivity contribution is -0.384. The van der Waals surface area contributed by atoms with E-state index in [1.807, 2.05) is 22.4 Å². The SMILES string of the molecule is O=C(c1cnc(-c2cccs2)s1)N1CCN(c2ccc(Cl)cc2[N+](=O)[O-])CC1. The van der Waals surface area contributed by atoms with Crippen LogP contribution in [0.1, 0.15) is 9.67 Å². The first kappa shape index (κ1) is 18.9. The fourth-order valence-corrected chi connectivity index (χ4v) is 4.96. The van der Waals surface area contributed by atoms with Crippen LogP contribution in [0.3, 0.4) is 0 Å². The third-order valence-electron chi connectivity index (χ3n) is 4.49. The number of rotatable bonds is 4. The summed E-state index contributed by atoms with van der Waals surface area (Å²) in [4.78, 5) is 33.4. The summed E-state index contributed by atoms with van der Waals surface area (Å²) in [6.45, 7) is 2.02. The second kappa shape index (κ2) is 7.86. The predicted molar refractivity (Wildman–Crippen MR) is 112 cm³/mol. The zero-order valence-electron chi connectivity index (χ0n) is 14.6. The van der Waals surface area contributed by atoms with E-state index in [0.717, 1.165) is 9.88 Å². The number of piperazine rings is 1. The Balaban J connectivity index is 1.45. The Morgan fingerprint density at radius 2 is 2.00 bits per heavy atom. The van der Waals surface area contributed by atoms with Crippen LogP contribution in [0, 0.1) is 10.1 Å². The molecule has 1 amide bonds. The maximum atomic E-state index is 12.8. The summed E-state index contributed by atoms with van der Waals surface area (Å²) in [5.41, 5.74) is 0.509. The topological polar surface area (TPSA) is 79.6 Å². The summed E-state index contributed by atoms with van der Waals surface area (Å²) in [5.74, 6) is -0.0504. The molecule has 3 aromatic rings. The first-order chi connectivity index (χ1) is 13.5. The third-order valence-corrected chi connectivity index (χ3v) is 6.75. The number of nitro groups is 1. The highest BCUT2D eigenvalue weighted by Gasteiger charge is 2.27. The largest absolute Gasteiger partial charge is 0.362 e. The number of carbonyl (C=O) groups excluding carboxylic acids is 1. The first-order valence-corrected chi connectivity index (χ1v) is 10.6. The van der Waals surface area contributed by atoms with Gasteiger partial charge < -0.3 is 9.80 Å². The first-order valence-electron chi connectivity index (χ1n) is 8.51. The Hall–Kier alpha value is -2.49. The van der Waals surface area contributed by atoms with Crippen LogP contribution in [0.2, 0.25) is 5.02 Å². The Labute approximate surface area is 174 Å². The Kier molecular flexibility index (Phi) is 5.29. The van der Waals surface area contributed by atoms with Gasteiger partial charge in [0.25, 0.3) is 11.6 Å². The van der Waals surface area contributed by atoms with Crippen LogP contribution in [0.5, 0.6) is 0 Å². The molecule has 0 aliphatic carbocycles. The maximum Gasteiger partial charge on any atom is 0.294 e. The summed E-state index contributed by atoms with van der Waals surface area (Å²) >= 11 is 8.87. The zero-order valence-corrected chi connectivity index (χ0v) is 17.0. The van der Waals surface area contributed by atoms with E-state index >= 15 is 0 Å². The second-order valence-electron chi connectivity index (χ2n) is 6.18. The number of halogens is 1. The fourth-order valence-electron chi connectivity index (χ4n) is 3.10. The van der Waals surface area contributed by atoms with Gasteiger partial charge in [0.2, 0.25) is 0 Å². The van der Waals surface area contributed by atoms with E-state index in [1.165, 1.54) is 17.4 Å². The monoisotopic (exact) mass is 434 g/mol. The van der Waals surface area contributed by atoms with Crippen LogP contribution in [-0.4, -0.2) is 46.9 Å². The molecule has 0 atom stereocenters. The van der Waals surface area contributed by atoms with Crippen molar-refractivity contribution in [3.63, 3.8) is 0 Å². The van der Waals surface area contributed by atoms with Gasteiger partial charge >= 0.3 is 0 Å². The van der Waals surface area contributed by atoms with Gasteiger partial charge in [0.15, 0.2) is 0 Å². The molecule has 3 heterocycles. The number of thiazole rings is 1. The van der Waals surface area contributed by atoms with Crippen LogP contribution < -0.4 is 4.90 Å². The van der Waals surface area contributed by atoms with E-state index in [9.17, 15) is 14.9 Å². The summed E-state index contributed by atoms with van der Waals surface area (Å²) in [7, 11) is 0. The Morgan fingerprint density at radius 3 is 2.68 bits per heavy atom. The van der Waals surface area contributed by atoms with Gasteiger partial charge in [-0.15, -0.1) is 22.7 Å². The van der Waals surface area contributed by atoms with Crippen molar-refractivity contribution in [3.8, 4) is 9.88 Å². The van der Waals surface area contributed by atoms with Crippen molar-refractivity contribution in [2.75, 3.05) is 31.1 Å². The normalized spacial score (nSPS) is 14.3. The molecular formula is C18H15ClN4O3S2. The molecular weight excluding hydrogens is 420 g/mol. The van der Waals surface area contributed by atoms with Gasteiger partial charge in [0.05, 0.1) is 16.0 Å². The summed E-state index contributed by atoms with van der Waals surface area (Å²) < 4.78 is 0. The summed E-state index contributed by atoms with van der Waals surface area (Å²) in [5, 5.41) is 14.5. The van der Waals surface area contributed by atoms with E-state index in [-0.39, 0.29) is 11.6 Å². The molecule has 28 heavy (non-hydrogen) atoms. The lowest BCUT2D eigenvalue weighted by atomic mass is 10.2. The van der Waals surface area contributed by atoms with Crippen molar-refractivity contribution >= 4 is 51.6 Å². The molecule has 0 bridgehead atoms. The highest BCUT2D eigenvalue weighted by atomic mass is 35.5. The molecule has 1 aliphatic heterocycles. The number of hydrogen-bond acceptors (Lipinski definition) is 7. The molecule has 4 rings (SSSR count). The molecule has 0 spiro atoms. The number of carbonyl (C=O) groups is 1. The van der Waals surface area contributed by atoms with E-state index < -0.39 is 4.92 Å². The number of nitro benzene ring substituents is 1. The Bertz CT molecular complexity index is 1010. The van der Waals surface area contributed by atoms with Crippen LogP contribution in [0.15, 0.2) is 41.9 Å². The van der Waals surface area contributed by atoms with Gasteiger partial charge in [0.1, 0.15) is 15.6 Å². The van der Waals surface area contributed by atoms with Crippen molar-refractivity contribution in [1.82, 2.24) is 9.88 Å². The number of nitrogens with zero attached hydrogens (tertiary/aromatic N) is 4. The molecule has 1 aromatic carbocycles. The number of amides is 1. The number of aromatic nitrogens is 1. The lowest BCUT2D eigenvalue weighted by Crippen LogP contribution is -2.48. The lowest BCUT2D eigenvalue weighted by Gasteiger charge is -2.35. The molecule has 1 saturated heterocycles. The van der Waals surface area contributed by atoms with Gasteiger partial charge in [0, 0.05) is 37.3 Å². The van der Waals surface area contributed by atoms with Crippen molar-refractivity contribution in [2.45, 2.75) is 0 Å². The maximum absolute atomic E-state index is 12.8. The average molecular weight is 435 g/mol. The molecule has 0 N–H and O–H groups in total. The fraction of sp³-hybridized carbons (Fsp3) is 0.222. The molecule has 0 unspecified atom stereocenters. The van der Waals surface area contributed by atoms with E-state index in [2.05, 4.69) is 4.98 Å². The van der Waals surface area contributed by atoms with Crippen molar-refractivity contribution in [2.24, 2.45) is 0 Å². The van der Waals surface area contributed by atoms with E-state index in [4.69, 9.17) is 11.6 Å². The number of hydrogen-bond donors (Lipinski definition) is 0. The minimum atomic E-state index is -0.428. The van der Waals surface area contributed by atoms with Crippen LogP contribution >= 0.6 is 34.3 Å². The van der Waals surface area contributed by atoms with Crippen molar-refractivity contribution in [3.05, 3.63) is 61.9 Å². The Morgan fingerprint density at radius 1 is 1.21 bits per heavy atom. The van der Waals surface area contributed by atoms with E-state index in [0.29, 0.717) is 41.8 Å². The third kappa shape index (κ3) is 3.73. The minimum Gasteiger partial charge on any atom is -0.362 e. The standard InChI is InChI=1S/C18H15ClN4O3S2/c19-12-3-4-13(14(10-12)23(25)26)21-5-7-22(8-6-21)18(24)16-11-20-17(28-16)15-2-1-9-27-15/h1-4,9-11H,5-8H2. The smallest absolute Gasteiger partial charge is 0.294 e. The molecule has 1 fully saturated rings. The zero-order chi connectivity index (χ0) is 19.7. The van der Waals surface area contributed by atoms with Gasteiger partial charge in [-0.3, -0.25) is 14.9 Å². The highest BCUT2D eigenvalue weighted by molar-refractivity contribution is 7.21. The minimum absolute atomic E-state index is 0.0182. The van der Waals surface area contributed by atoms with Crippen molar-refractivity contribution in [1.29, 1.82) is 0 Å². The van der Waals surface area contributed by atoms with Gasteiger partial charge in [-0.05, 0) is 23.6 Å². The molecule has 1 aliphatic rings. The summed E-state index contributed by atoms with van der Waals surface area (Å²) in [6.07, 6.45) is 1.62. The molecule has 10 heteroatoms.